The number of benzene rings is 2. The number of aryl methyl sites for hydroxylation is 2. The van der Waals surface area contributed by atoms with Crippen LogP contribution in [-0.2, 0) is 22.6 Å². The number of hydrogen-bond donors (Lipinski definition) is 1. The molecular weight excluding hydrogens is 348 g/mol. The first-order chi connectivity index (χ1) is 13.5. The molecule has 0 aliphatic rings. The molecule has 4 heteroatoms. The molecule has 0 saturated heterocycles. The highest BCUT2D eigenvalue weighted by Gasteiger charge is 2.28. The average Bonchev–Trinajstić information content (AvgIpc) is 2.67. The molecule has 0 aliphatic carbocycles. The summed E-state index contributed by atoms with van der Waals surface area (Å²) in [4.78, 5) is 27.8. The van der Waals surface area contributed by atoms with E-state index in [2.05, 4.69) is 5.32 Å². The fourth-order valence-electron chi connectivity index (χ4n) is 3.35. The smallest absolute Gasteiger partial charge is 0.242 e. The van der Waals surface area contributed by atoms with Crippen LogP contribution in [0.25, 0.3) is 0 Å². The molecule has 2 aromatic carbocycles. The van der Waals surface area contributed by atoms with E-state index in [0.29, 0.717) is 25.9 Å². The summed E-state index contributed by atoms with van der Waals surface area (Å²) in [6.45, 7) is 9.11. The molecule has 2 aromatic rings. The van der Waals surface area contributed by atoms with Crippen molar-refractivity contribution < 1.29 is 9.59 Å². The van der Waals surface area contributed by atoms with Crippen LogP contribution in [0, 0.1) is 13.8 Å². The molecule has 0 spiro atoms. The van der Waals surface area contributed by atoms with Crippen molar-refractivity contribution in [3.8, 4) is 0 Å². The molecule has 2 amide bonds. The Kier molecular flexibility index (Phi) is 8.24. The van der Waals surface area contributed by atoms with Gasteiger partial charge in [0.1, 0.15) is 6.04 Å². The topological polar surface area (TPSA) is 49.4 Å². The van der Waals surface area contributed by atoms with Crippen molar-refractivity contribution in [2.75, 3.05) is 6.54 Å². The number of rotatable bonds is 9. The summed E-state index contributed by atoms with van der Waals surface area (Å²) < 4.78 is 0. The largest absolute Gasteiger partial charge is 0.354 e. The predicted octanol–water partition coefficient (Wildman–Crippen LogP) is 4.18. The van der Waals surface area contributed by atoms with Gasteiger partial charge < -0.3 is 10.2 Å². The van der Waals surface area contributed by atoms with E-state index in [1.54, 1.807) is 4.90 Å². The Labute approximate surface area is 169 Å². The van der Waals surface area contributed by atoms with Gasteiger partial charge in [0.2, 0.25) is 11.8 Å². The lowest BCUT2D eigenvalue weighted by molar-refractivity contribution is -0.140. The molecule has 0 radical (unpaired) electrons. The second kappa shape index (κ2) is 10.6. The van der Waals surface area contributed by atoms with E-state index in [9.17, 15) is 9.59 Å². The summed E-state index contributed by atoms with van der Waals surface area (Å²) in [6.07, 6.45) is 1.75. The van der Waals surface area contributed by atoms with Crippen LogP contribution >= 0.6 is 0 Å². The zero-order valence-electron chi connectivity index (χ0n) is 17.5. The average molecular weight is 381 g/mol. The SMILES string of the molecule is CCCNC(=O)[C@H](CC)N(Cc1ccccc1C)C(=O)Cc1cccc(C)c1. The van der Waals surface area contributed by atoms with E-state index in [4.69, 9.17) is 0 Å². The lowest BCUT2D eigenvalue weighted by Crippen LogP contribution is -2.49. The summed E-state index contributed by atoms with van der Waals surface area (Å²) in [5.74, 6) is -0.0946. The molecule has 28 heavy (non-hydrogen) atoms. The Balaban J connectivity index is 2.29. The third-order valence-electron chi connectivity index (χ3n) is 4.97. The highest BCUT2D eigenvalue weighted by Crippen LogP contribution is 2.17. The van der Waals surface area contributed by atoms with E-state index >= 15 is 0 Å². The maximum Gasteiger partial charge on any atom is 0.242 e. The summed E-state index contributed by atoms with van der Waals surface area (Å²) in [5.41, 5.74) is 4.30. The van der Waals surface area contributed by atoms with Gasteiger partial charge in [-0.3, -0.25) is 9.59 Å². The van der Waals surface area contributed by atoms with Gasteiger partial charge in [0, 0.05) is 13.1 Å². The first kappa shape index (κ1) is 21.7. The molecule has 2 rings (SSSR count). The van der Waals surface area contributed by atoms with Gasteiger partial charge in [-0.2, -0.15) is 0 Å². The lowest BCUT2D eigenvalue weighted by Gasteiger charge is -2.31. The van der Waals surface area contributed by atoms with Gasteiger partial charge in [-0.25, -0.2) is 0 Å². The van der Waals surface area contributed by atoms with E-state index < -0.39 is 6.04 Å². The van der Waals surface area contributed by atoms with Gasteiger partial charge in [-0.1, -0.05) is 67.9 Å². The Morgan fingerprint density at radius 3 is 2.43 bits per heavy atom. The molecule has 4 nitrogen and oxygen atoms in total. The van der Waals surface area contributed by atoms with Crippen molar-refractivity contribution in [2.45, 2.75) is 59.5 Å². The molecule has 0 heterocycles. The molecule has 0 saturated carbocycles. The molecule has 0 bridgehead atoms. The minimum absolute atomic E-state index is 0.0210. The monoisotopic (exact) mass is 380 g/mol. The van der Waals surface area contributed by atoms with Gasteiger partial charge in [0.05, 0.1) is 6.42 Å². The van der Waals surface area contributed by atoms with Gasteiger partial charge in [-0.15, -0.1) is 0 Å². The van der Waals surface area contributed by atoms with Crippen LogP contribution in [0.3, 0.4) is 0 Å². The summed E-state index contributed by atoms with van der Waals surface area (Å²) in [5, 5.41) is 2.96. The van der Waals surface area contributed by atoms with Crippen molar-refractivity contribution in [2.24, 2.45) is 0 Å². The van der Waals surface area contributed by atoms with Gasteiger partial charge >= 0.3 is 0 Å². The van der Waals surface area contributed by atoms with Crippen LogP contribution < -0.4 is 5.32 Å². The highest BCUT2D eigenvalue weighted by molar-refractivity contribution is 5.88. The number of nitrogens with one attached hydrogen (secondary N) is 1. The van der Waals surface area contributed by atoms with Crippen LogP contribution in [-0.4, -0.2) is 29.3 Å². The number of hydrogen-bond acceptors (Lipinski definition) is 2. The first-order valence-corrected chi connectivity index (χ1v) is 10.1. The Hall–Kier alpha value is -2.62. The maximum absolute atomic E-state index is 13.3. The van der Waals surface area contributed by atoms with Crippen molar-refractivity contribution >= 4 is 11.8 Å². The zero-order chi connectivity index (χ0) is 20.5. The lowest BCUT2D eigenvalue weighted by atomic mass is 10.0. The first-order valence-electron chi connectivity index (χ1n) is 10.1. The van der Waals surface area contributed by atoms with Gasteiger partial charge in [0.25, 0.3) is 0 Å². The van der Waals surface area contributed by atoms with E-state index in [-0.39, 0.29) is 11.8 Å². The second-order valence-corrected chi connectivity index (χ2v) is 7.33. The van der Waals surface area contributed by atoms with E-state index in [1.807, 2.05) is 76.2 Å². The fraction of sp³-hybridized carbons (Fsp3) is 0.417. The second-order valence-electron chi connectivity index (χ2n) is 7.33. The van der Waals surface area contributed by atoms with E-state index in [1.165, 1.54) is 0 Å². The molecule has 0 aromatic heterocycles. The summed E-state index contributed by atoms with van der Waals surface area (Å²) >= 11 is 0. The predicted molar refractivity (Wildman–Crippen MR) is 114 cm³/mol. The molecule has 1 atom stereocenters. The van der Waals surface area contributed by atoms with Crippen LogP contribution in [0.4, 0.5) is 0 Å². The number of amides is 2. The number of carbonyl (C=O) groups excluding carboxylic acids is 2. The van der Waals surface area contributed by atoms with Crippen molar-refractivity contribution in [3.63, 3.8) is 0 Å². The fourth-order valence-corrected chi connectivity index (χ4v) is 3.35. The molecule has 1 N–H and O–H groups in total. The zero-order valence-corrected chi connectivity index (χ0v) is 17.5. The van der Waals surface area contributed by atoms with Crippen molar-refractivity contribution in [1.82, 2.24) is 10.2 Å². The number of nitrogens with zero attached hydrogens (tertiary/aromatic N) is 1. The molecule has 0 unspecified atom stereocenters. The number of carbonyl (C=O) groups is 2. The third-order valence-corrected chi connectivity index (χ3v) is 4.97. The van der Waals surface area contributed by atoms with E-state index in [0.717, 1.165) is 28.7 Å². The molecule has 0 fully saturated rings. The summed E-state index contributed by atoms with van der Waals surface area (Å²) in [6, 6.07) is 15.5. The molecule has 150 valence electrons. The molecule has 0 aliphatic heterocycles. The summed E-state index contributed by atoms with van der Waals surface area (Å²) in [7, 11) is 0. The maximum atomic E-state index is 13.3. The Morgan fingerprint density at radius 2 is 1.79 bits per heavy atom. The normalized spacial score (nSPS) is 11.7. The standard InChI is InChI=1S/C24H32N2O2/c1-5-14-25-24(28)22(6-2)26(17-21-13-8-7-11-19(21)4)23(27)16-20-12-9-10-18(3)15-20/h7-13,15,22H,5-6,14,16-17H2,1-4H3,(H,25,28)/t22-/m0/s1. The third kappa shape index (κ3) is 5.95. The van der Waals surface area contributed by atoms with Crippen molar-refractivity contribution in [1.29, 1.82) is 0 Å². The van der Waals surface area contributed by atoms with Crippen LogP contribution in [0.2, 0.25) is 0 Å². The van der Waals surface area contributed by atoms with Gasteiger partial charge in [0.15, 0.2) is 0 Å². The van der Waals surface area contributed by atoms with Crippen LogP contribution in [0.15, 0.2) is 48.5 Å². The van der Waals surface area contributed by atoms with Crippen LogP contribution in [0.5, 0.6) is 0 Å². The van der Waals surface area contributed by atoms with Crippen molar-refractivity contribution in [3.05, 3.63) is 70.8 Å². The Morgan fingerprint density at radius 1 is 1.04 bits per heavy atom. The van der Waals surface area contributed by atoms with Gasteiger partial charge in [-0.05, 0) is 43.4 Å². The Bertz CT molecular complexity index is 801. The molecular formula is C24H32N2O2. The highest BCUT2D eigenvalue weighted by atomic mass is 16.2. The minimum atomic E-state index is -0.469. The quantitative estimate of drug-likeness (QED) is 0.709. The van der Waals surface area contributed by atoms with Crippen LogP contribution in [0.1, 0.15) is 48.9 Å². The minimum Gasteiger partial charge on any atom is -0.354 e.